The van der Waals surface area contributed by atoms with Crippen molar-refractivity contribution < 1.29 is 8.95 Å². The summed E-state index contributed by atoms with van der Waals surface area (Å²) in [4.78, 5) is 5.04. The van der Waals surface area contributed by atoms with Gasteiger partial charge in [0.2, 0.25) is 0 Å². The van der Waals surface area contributed by atoms with Crippen LogP contribution in [0.2, 0.25) is 0 Å². The van der Waals surface area contributed by atoms with Crippen molar-refractivity contribution in [3.8, 4) is 5.95 Å². The summed E-state index contributed by atoms with van der Waals surface area (Å²) in [5, 5.41) is 15.1. The summed E-state index contributed by atoms with van der Waals surface area (Å²) < 4.78 is 24.0. The van der Waals surface area contributed by atoms with Gasteiger partial charge in [-0.25, -0.2) is 18.6 Å². The molecule has 1 saturated heterocycles. The zero-order chi connectivity index (χ0) is 26.1. The summed E-state index contributed by atoms with van der Waals surface area (Å²) in [7, 11) is 0. The van der Waals surface area contributed by atoms with Gasteiger partial charge >= 0.3 is 0 Å². The number of fused-ring (bicyclic) bond motifs is 2. The Morgan fingerprint density at radius 3 is 2.63 bits per heavy atom. The first-order valence-electron chi connectivity index (χ1n) is 12.8. The molecule has 1 aliphatic rings. The zero-order valence-electron chi connectivity index (χ0n) is 21.3. The lowest BCUT2D eigenvalue weighted by Crippen LogP contribution is -2.23. The van der Waals surface area contributed by atoms with Crippen LogP contribution in [0.25, 0.3) is 22.4 Å². The first-order chi connectivity index (χ1) is 18.6. The van der Waals surface area contributed by atoms with Gasteiger partial charge in [-0.3, -0.25) is 4.57 Å². The van der Waals surface area contributed by atoms with E-state index in [1.54, 1.807) is 0 Å². The number of hydrogen-bond acceptors (Lipinski definition) is 5. The van der Waals surface area contributed by atoms with Crippen molar-refractivity contribution in [3.63, 3.8) is 0 Å². The molecule has 0 amide bonds. The second-order valence-electron chi connectivity index (χ2n) is 9.63. The minimum absolute atomic E-state index is 0.383. The third-order valence-corrected chi connectivity index (χ3v) is 7.62. The van der Waals surface area contributed by atoms with Crippen LogP contribution in [0.5, 0.6) is 0 Å². The highest BCUT2D eigenvalue weighted by atomic mass is 32.2. The first-order valence-corrected chi connectivity index (χ1v) is 14.0. The van der Waals surface area contributed by atoms with Gasteiger partial charge in [-0.15, -0.1) is 5.10 Å². The molecule has 38 heavy (non-hydrogen) atoms. The van der Waals surface area contributed by atoms with E-state index in [2.05, 4.69) is 62.4 Å². The van der Waals surface area contributed by atoms with E-state index in [-0.39, 0.29) is 0 Å². The Bertz CT molecular complexity index is 1610. The molecule has 196 valence electrons. The van der Waals surface area contributed by atoms with Crippen molar-refractivity contribution in [3.05, 3.63) is 89.2 Å². The minimum Gasteiger partial charge on any atom is -0.381 e. The number of nitrogens with two attached hydrogens (primary N) is 1. The quantitative estimate of drug-likeness (QED) is 0.280. The van der Waals surface area contributed by atoms with Crippen LogP contribution >= 0.6 is 0 Å². The second-order valence-corrected chi connectivity index (χ2v) is 10.5. The Balaban J connectivity index is 1.48. The van der Waals surface area contributed by atoms with Crippen LogP contribution in [-0.4, -0.2) is 36.6 Å². The Morgan fingerprint density at radius 1 is 1.03 bits per heavy atom. The molecule has 10 heteroatoms. The predicted molar refractivity (Wildman–Crippen MR) is 150 cm³/mol. The number of ether oxygens (including phenoxy) is 1. The van der Waals surface area contributed by atoms with Crippen LogP contribution in [0.1, 0.15) is 41.3 Å². The fraction of sp³-hybridized carbons (Fsp3) is 0.286. The molecular weight excluding hydrogens is 498 g/mol. The fourth-order valence-electron chi connectivity index (χ4n) is 5.31. The molecule has 0 radical (unpaired) electrons. The number of aryl methyl sites for hydroxylation is 1. The van der Waals surface area contributed by atoms with E-state index in [4.69, 9.17) is 20.0 Å². The van der Waals surface area contributed by atoms with Crippen LogP contribution < -0.4 is 15.2 Å². The van der Waals surface area contributed by atoms with E-state index >= 15 is 0 Å². The van der Waals surface area contributed by atoms with Crippen molar-refractivity contribution in [2.24, 2.45) is 5.14 Å². The van der Waals surface area contributed by atoms with E-state index in [0.29, 0.717) is 25.0 Å². The summed E-state index contributed by atoms with van der Waals surface area (Å²) in [5.41, 5.74) is 6.32. The number of hydrogen-bond donors (Lipinski definition) is 3. The lowest BCUT2D eigenvalue weighted by Gasteiger charge is -2.22. The number of nitrogens with zero attached hydrogens (tertiary/aromatic N) is 4. The molecule has 1 fully saturated rings. The molecule has 0 aliphatic carbocycles. The van der Waals surface area contributed by atoms with E-state index in [1.165, 1.54) is 11.3 Å². The SMILES string of the molecule is Cc1cc2c(CNS(N)=O)cccc2n1-c1nc(NCc2ccccc2)c2ccc(C3CCOCC3)n2n1. The molecule has 1 atom stereocenters. The lowest BCUT2D eigenvalue weighted by atomic mass is 9.97. The first kappa shape index (κ1) is 24.7. The van der Waals surface area contributed by atoms with E-state index in [0.717, 1.165) is 59.6 Å². The maximum atomic E-state index is 11.4. The Labute approximate surface area is 223 Å². The molecule has 2 aromatic carbocycles. The summed E-state index contributed by atoms with van der Waals surface area (Å²) >= 11 is -1.58. The lowest BCUT2D eigenvalue weighted by molar-refractivity contribution is 0.0841. The maximum absolute atomic E-state index is 11.4. The van der Waals surface area contributed by atoms with Crippen molar-refractivity contribution in [1.82, 2.24) is 23.9 Å². The smallest absolute Gasteiger partial charge is 0.254 e. The van der Waals surface area contributed by atoms with Crippen LogP contribution in [0.4, 0.5) is 5.82 Å². The van der Waals surface area contributed by atoms with Crippen LogP contribution in [0.3, 0.4) is 0 Å². The molecule has 4 heterocycles. The Hall–Kier alpha value is -3.57. The Morgan fingerprint density at radius 2 is 1.84 bits per heavy atom. The predicted octanol–water partition coefficient (Wildman–Crippen LogP) is 4.11. The van der Waals surface area contributed by atoms with Crippen LogP contribution in [0, 0.1) is 6.92 Å². The van der Waals surface area contributed by atoms with E-state index in [1.807, 2.05) is 30.3 Å². The molecule has 5 aromatic rings. The average molecular weight is 530 g/mol. The maximum Gasteiger partial charge on any atom is 0.254 e. The van der Waals surface area contributed by atoms with Gasteiger partial charge in [0.25, 0.3) is 5.95 Å². The molecule has 3 aromatic heterocycles. The van der Waals surface area contributed by atoms with Crippen molar-refractivity contribution in [2.75, 3.05) is 18.5 Å². The molecule has 1 aliphatic heterocycles. The largest absolute Gasteiger partial charge is 0.381 e. The second kappa shape index (κ2) is 10.7. The monoisotopic (exact) mass is 529 g/mol. The van der Waals surface area contributed by atoms with Crippen LogP contribution in [0.15, 0.2) is 66.7 Å². The van der Waals surface area contributed by atoms with Gasteiger partial charge < -0.3 is 10.1 Å². The van der Waals surface area contributed by atoms with Crippen molar-refractivity contribution in [2.45, 2.75) is 38.8 Å². The number of nitrogens with one attached hydrogen (secondary N) is 2. The summed E-state index contributed by atoms with van der Waals surface area (Å²) in [6, 6.07) is 22.8. The third kappa shape index (κ3) is 4.83. The van der Waals surface area contributed by atoms with Gasteiger partial charge in [-0.2, -0.15) is 4.98 Å². The molecule has 1 unspecified atom stereocenters. The van der Waals surface area contributed by atoms with E-state index < -0.39 is 11.2 Å². The summed E-state index contributed by atoms with van der Waals surface area (Å²) in [5.74, 6) is 1.76. The molecule has 9 nitrogen and oxygen atoms in total. The standard InChI is InChI=1S/C28H31N7O2S/c1-19-16-23-22(18-31-38(29)36)8-5-9-25(23)34(19)28-32-27(30-17-20-6-3-2-4-7-20)26-11-10-24(35(26)33-28)21-12-14-37-15-13-21/h2-11,16,21,31H,12-15,17-18,29H2,1H3,(H,30,32,33). The zero-order valence-corrected chi connectivity index (χ0v) is 22.1. The third-order valence-electron chi connectivity index (χ3n) is 7.20. The van der Waals surface area contributed by atoms with Crippen LogP contribution in [-0.2, 0) is 29.0 Å². The molecule has 0 bridgehead atoms. The summed E-state index contributed by atoms with van der Waals surface area (Å²) in [6.45, 7) is 4.64. The van der Waals surface area contributed by atoms with Gasteiger partial charge in [-0.1, -0.05) is 42.5 Å². The molecule has 6 rings (SSSR count). The highest BCUT2D eigenvalue weighted by Gasteiger charge is 2.22. The molecular formula is C28H31N7O2S. The topological polar surface area (TPSA) is 112 Å². The van der Waals surface area contributed by atoms with Gasteiger partial charge in [0.15, 0.2) is 17.0 Å². The van der Waals surface area contributed by atoms with Crippen molar-refractivity contribution in [1.29, 1.82) is 0 Å². The van der Waals surface area contributed by atoms with Gasteiger partial charge in [-0.05, 0) is 55.2 Å². The number of rotatable bonds is 8. The molecule has 0 spiro atoms. The number of anilines is 1. The number of benzene rings is 2. The van der Waals surface area contributed by atoms with Gasteiger partial charge in [0.1, 0.15) is 5.52 Å². The highest BCUT2D eigenvalue weighted by molar-refractivity contribution is 7.80. The molecule has 0 saturated carbocycles. The van der Waals surface area contributed by atoms with Crippen molar-refractivity contribution >= 4 is 33.4 Å². The molecule has 4 N–H and O–H groups in total. The van der Waals surface area contributed by atoms with E-state index in [9.17, 15) is 4.21 Å². The highest BCUT2D eigenvalue weighted by Crippen LogP contribution is 2.31. The van der Waals surface area contributed by atoms with Gasteiger partial charge in [0, 0.05) is 49.0 Å². The van der Waals surface area contributed by atoms with Gasteiger partial charge in [0.05, 0.1) is 5.52 Å². The fourth-order valence-corrected chi connectivity index (χ4v) is 5.60. The minimum atomic E-state index is -1.58. The number of aromatic nitrogens is 4. The average Bonchev–Trinajstić information content (AvgIpc) is 3.52. The summed E-state index contributed by atoms with van der Waals surface area (Å²) in [6.07, 6.45) is 1.95. The normalized spacial score (nSPS) is 15.3. The Kier molecular flexibility index (Phi) is 6.94.